The molecule has 1 aromatic heterocycles. The van der Waals surface area contributed by atoms with Gasteiger partial charge in [-0.3, -0.25) is 4.79 Å². The van der Waals surface area contributed by atoms with Gasteiger partial charge in [0.15, 0.2) is 0 Å². The Balaban J connectivity index is 1.44. The van der Waals surface area contributed by atoms with Gasteiger partial charge in [0.05, 0.1) is 39.5 Å². The molecule has 0 amide bonds. The first-order chi connectivity index (χ1) is 17.9. The van der Waals surface area contributed by atoms with E-state index in [4.69, 9.17) is 26.2 Å². The molecule has 0 saturated heterocycles. The van der Waals surface area contributed by atoms with Crippen molar-refractivity contribution >= 4 is 40.2 Å². The predicted molar refractivity (Wildman–Crippen MR) is 140 cm³/mol. The van der Waals surface area contributed by atoms with Gasteiger partial charge in [-0.25, -0.2) is 9.37 Å². The van der Waals surface area contributed by atoms with Crippen molar-refractivity contribution in [2.45, 2.75) is 24.9 Å². The summed E-state index contributed by atoms with van der Waals surface area (Å²) >= 11 is 7.39. The first-order valence-electron chi connectivity index (χ1n) is 11.4. The van der Waals surface area contributed by atoms with E-state index in [1.54, 1.807) is 24.3 Å². The maximum atomic E-state index is 13.7. The molecule has 0 fully saturated rings. The van der Waals surface area contributed by atoms with Gasteiger partial charge in [0.25, 0.3) is 0 Å². The third-order valence-corrected chi connectivity index (χ3v) is 7.60. The third kappa shape index (κ3) is 5.33. The van der Waals surface area contributed by atoms with Gasteiger partial charge in [0.2, 0.25) is 0 Å². The monoisotopic (exact) mass is 534 g/mol. The van der Waals surface area contributed by atoms with Crippen LogP contribution in [-0.2, 0) is 18.0 Å². The highest BCUT2D eigenvalue weighted by atomic mass is 35.5. The zero-order valence-corrected chi connectivity index (χ0v) is 21.0. The number of halogens is 2. The summed E-state index contributed by atoms with van der Waals surface area (Å²) in [5, 5.41) is 19.2. The molecule has 186 valence electrons. The zero-order chi connectivity index (χ0) is 25.9. The van der Waals surface area contributed by atoms with Crippen molar-refractivity contribution in [1.29, 1.82) is 5.26 Å². The first-order valence-corrected chi connectivity index (χ1v) is 12.8. The van der Waals surface area contributed by atoms with Crippen molar-refractivity contribution in [2.24, 2.45) is 0 Å². The molecule has 0 radical (unpaired) electrons. The fraction of sp³-hybridized carbons (Fsp3) is 0.179. The summed E-state index contributed by atoms with van der Waals surface area (Å²) < 4.78 is 25.8. The van der Waals surface area contributed by atoms with Gasteiger partial charge in [-0.2, -0.15) is 5.26 Å². The molecule has 1 atom stereocenters. The Kier molecular flexibility index (Phi) is 7.17. The number of nitrogens with zero attached hydrogens (tertiary/aromatic N) is 2. The minimum Gasteiger partial charge on any atom is -0.489 e. The van der Waals surface area contributed by atoms with Crippen molar-refractivity contribution in [2.75, 3.05) is 5.75 Å². The number of hydrogen-bond acceptors (Lipinski definition) is 6. The van der Waals surface area contributed by atoms with Gasteiger partial charge < -0.3 is 14.6 Å². The number of nitriles is 1. The van der Waals surface area contributed by atoms with Gasteiger partial charge in [-0.1, -0.05) is 29.8 Å². The molecule has 1 unspecified atom stereocenters. The van der Waals surface area contributed by atoms with E-state index in [2.05, 4.69) is 11.1 Å². The molecule has 0 saturated carbocycles. The summed E-state index contributed by atoms with van der Waals surface area (Å²) in [5.41, 5.74) is 4.32. The minimum atomic E-state index is -0.868. The smallest absolute Gasteiger partial charge is 0.304 e. The third-order valence-electron chi connectivity index (χ3n) is 6.03. The van der Waals surface area contributed by atoms with E-state index < -0.39 is 11.8 Å². The molecule has 1 aliphatic heterocycles. The van der Waals surface area contributed by atoms with Crippen LogP contribution in [-0.4, -0.2) is 21.8 Å². The van der Waals surface area contributed by atoms with Gasteiger partial charge in [-0.05, 0) is 48.0 Å². The minimum absolute atomic E-state index is 0.00935. The molecule has 9 heteroatoms. The average Bonchev–Trinajstić information content (AvgIpc) is 3.04. The summed E-state index contributed by atoms with van der Waals surface area (Å²) in [6.07, 6.45) is 0.0162. The highest BCUT2D eigenvalue weighted by Crippen LogP contribution is 2.46. The van der Waals surface area contributed by atoms with Crippen LogP contribution >= 0.6 is 23.4 Å². The number of aliphatic carboxylic acids is 1. The van der Waals surface area contributed by atoms with Crippen LogP contribution in [0.15, 0.2) is 60.7 Å². The fourth-order valence-electron chi connectivity index (χ4n) is 4.23. The molecule has 5 rings (SSSR count). The Morgan fingerprint density at radius 1 is 1.22 bits per heavy atom. The summed E-state index contributed by atoms with van der Waals surface area (Å²) in [4.78, 5) is 15.7. The molecular weight excluding hydrogens is 515 g/mol. The van der Waals surface area contributed by atoms with Gasteiger partial charge in [0.1, 0.15) is 30.5 Å². The second-order valence-corrected chi connectivity index (χ2v) is 10.0. The Morgan fingerprint density at radius 2 is 2.08 bits per heavy atom. The van der Waals surface area contributed by atoms with Crippen LogP contribution in [0.2, 0.25) is 5.02 Å². The van der Waals surface area contributed by atoms with Gasteiger partial charge in [-0.15, -0.1) is 11.8 Å². The highest BCUT2D eigenvalue weighted by molar-refractivity contribution is 7.99. The maximum Gasteiger partial charge on any atom is 0.304 e. The van der Waals surface area contributed by atoms with Gasteiger partial charge in [0, 0.05) is 22.3 Å². The molecule has 2 heterocycles. The standard InChI is InChI=1S/C28H20ClFN2O4S/c29-23-12-25-16(10-24(23)30)4-5-18(32-25)14-35-19-6-7-26-21(11-19)28(37-9-8-27(33)34)20-3-1-2-17(13-31)22(20)15-36-26/h1-7,10-12,28H,8-9,14-15H2,(H,33,34). The average molecular weight is 535 g/mol. The van der Waals surface area contributed by atoms with Crippen LogP contribution in [0.25, 0.3) is 10.9 Å². The Hall–Kier alpha value is -3.80. The quantitative estimate of drug-likeness (QED) is 0.283. The zero-order valence-electron chi connectivity index (χ0n) is 19.4. The summed E-state index contributed by atoms with van der Waals surface area (Å²) in [6, 6.07) is 19.6. The summed E-state index contributed by atoms with van der Waals surface area (Å²) in [7, 11) is 0. The fourth-order valence-corrected chi connectivity index (χ4v) is 5.68. The molecule has 1 N–H and O–H groups in total. The molecule has 1 aliphatic rings. The second kappa shape index (κ2) is 10.7. The number of rotatable bonds is 7. The molecular formula is C28H20ClFN2O4S. The largest absolute Gasteiger partial charge is 0.489 e. The SMILES string of the molecule is N#Cc1cccc2c1COc1ccc(OCc3ccc4cc(F)c(Cl)cc4n3)cc1C2SCCC(=O)O. The van der Waals surface area contributed by atoms with Crippen molar-refractivity contribution < 1.29 is 23.8 Å². The second-order valence-electron chi connectivity index (χ2n) is 8.42. The van der Waals surface area contributed by atoms with Crippen LogP contribution in [0.5, 0.6) is 11.5 Å². The lowest BCUT2D eigenvalue weighted by atomic mass is 9.96. The number of thioether (sulfide) groups is 1. The van der Waals surface area contributed by atoms with E-state index in [0.717, 1.165) is 16.7 Å². The number of aromatic nitrogens is 1. The van der Waals surface area contributed by atoms with Crippen LogP contribution in [0.3, 0.4) is 0 Å². The molecule has 0 aliphatic carbocycles. The number of carboxylic acid groups (broad SMARTS) is 1. The number of pyridine rings is 1. The molecule has 0 bridgehead atoms. The number of carbonyl (C=O) groups is 1. The topological polar surface area (TPSA) is 92.4 Å². The number of carboxylic acids is 1. The van der Waals surface area contributed by atoms with E-state index in [1.807, 2.05) is 24.3 Å². The predicted octanol–water partition coefficient (Wildman–Crippen LogP) is 6.67. The number of benzene rings is 3. The lowest BCUT2D eigenvalue weighted by Crippen LogP contribution is -2.04. The molecule has 4 aromatic rings. The number of fused-ring (bicyclic) bond motifs is 3. The first kappa shape index (κ1) is 24.9. The van der Waals surface area contributed by atoms with Crippen LogP contribution in [0.1, 0.15) is 39.6 Å². The van der Waals surface area contributed by atoms with E-state index in [1.165, 1.54) is 23.9 Å². The van der Waals surface area contributed by atoms with Crippen molar-refractivity contribution in [3.63, 3.8) is 0 Å². The summed E-state index contributed by atoms with van der Waals surface area (Å²) in [5.74, 6) is 0.273. The molecule has 6 nitrogen and oxygen atoms in total. The van der Waals surface area contributed by atoms with Crippen molar-refractivity contribution in [3.8, 4) is 17.6 Å². The van der Waals surface area contributed by atoms with E-state index in [-0.39, 0.29) is 29.9 Å². The molecule has 37 heavy (non-hydrogen) atoms. The van der Waals surface area contributed by atoms with E-state index in [0.29, 0.717) is 39.4 Å². The van der Waals surface area contributed by atoms with Crippen molar-refractivity contribution in [3.05, 3.63) is 99.5 Å². The maximum absolute atomic E-state index is 13.7. The normalized spacial score (nSPS) is 14.1. The van der Waals surface area contributed by atoms with Crippen molar-refractivity contribution in [1.82, 2.24) is 4.98 Å². The van der Waals surface area contributed by atoms with Gasteiger partial charge >= 0.3 is 5.97 Å². The van der Waals surface area contributed by atoms with Crippen LogP contribution < -0.4 is 9.47 Å². The Bertz CT molecular complexity index is 1560. The lowest BCUT2D eigenvalue weighted by Gasteiger charge is -2.19. The highest BCUT2D eigenvalue weighted by Gasteiger charge is 2.27. The lowest BCUT2D eigenvalue weighted by molar-refractivity contribution is -0.136. The molecule has 3 aromatic carbocycles. The van der Waals surface area contributed by atoms with Crippen LogP contribution in [0.4, 0.5) is 4.39 Å². The number of hydrogen-bond donors (Lipinski definition) is 1. The Morgan fingerprint density at radius 3 is 2.89 bits per heavy atom. The summed E-state index contributed by atoms with van der Waals surface area (Å²) in [6.45, 7) is 0.420. The van der Waals surface area contributed by atoms with Crippen LogP contribution in [0, 0.1) is 17.1 Å². The Labute approximate surface area is 221 Å². The number of ether oxygens (including phenoxy) is 2. The molecule has 0 spiro atoms. The van der Waals surface area contributed by atoms with E-state index >= 15 is 0 Å². The van der Waals surface area contributed by atoms with E-state index in [9.17, 15) is 14.4 Å².